The van der Waals surface area contributed by atoms with Crippen molar-refractivity contribution in [2.24, 2.45) is 0 Å². The predicted octanol–water partition coefficient (Wildman–Crippen LogP) is 2.98. The molecule has 0 aromatic heterocycles. The number of rotatable bonds is 5. The molecule has 0 saturated heterocycles. The van der Waals surface area contributed by atoms with E-state index in [0.29, 0.717) is 0 Å². The van der Waals surface area contributed by atoms with Gasteiger partial charge in [-0.2, -0.15) is 0 Å². The Labute approximate surface area is 133 Å². The summed E-state index contributed by atoms with van der Waals surface area (Å²) in [5, 5.41) is 2.93. The van der Waals surface area contributed by atoms with E-state index in [4.69, 9.17) is 4.74 Å². The van der Waals surface area contributed by atoms with Crippen LogP contribution in [0.2, 0.25) is 0 Å². The van der Waals surface area contributed by atoms with Crippen molar-refractivity contribution in [2.75, 3.05) is 0 Å². The first-order chi connectivity index (χ1) is 10.0. The average Bonchev–Trinajstić information content (AvgIpc) is 2.94. The fraction of sp³-hybridized carbons (Fsp3) is 0.500. The minimum absolute atomic E-state index is 0.175. The molecular formula is C16H20BrNO3. The minimum Gasteiger partial charge on any atom is -0.452 e. The van der Waals surface area contributed by atoms with Crippen molar-refractivity contribution in [3.63, 3.8) is 0 Å². The lowest BCUT2D eigenvalue weighted by atomic mass is 10.1. The number of carbonyl (C=O) groups is 2. The normalized spacial score (nSPS) is 16.5. The Hall–Kier alpha value is -1.36. The first-order valence-corrected chi connectivity index (χ1v) is 8.08. The molecule has 1 atom stereocenters. The van der Waals surface area contributed by atoms with E-state index in [1.165, 1.54) is 0 Å². The molecule has 21 heavy (non-hydrogen) atoms. The van der Waals surface area contributed by atoms with E-state index in [-0.39, 0.29) is 24.3 Å². The highest BCUT2D eigenvalue weighted by Crippen LogP contribution is 2.18. The molecule has 1 aliphatic carbocycles. The Morgan fingerprint density at radius 1 is 1.29 bits per heavy atom. The third-order valence-electron chi connectivity index (χ3n) is 3.64. The van der Waals surface area contributed by atoms with Crippen LogP contribution in [0.25, 0.3) is 0 Å². The maximum absolute atomic E-state index is 11.9. The van der Waals surface area contributed by atoms with E-state index in [0.717, 1.165) is 35.7 Å². The van der Waals surface area contributed by atoms with Gasteiger partial charge in [0.25, 0.3) is 5.91 Å². The topological polar surface area (TPSA) is 55.4 Å². The van der Waals surface area contributed by atoms with Gasteiger partial charge in [-0.25, -0.2) is 0 Å². The zero-order valence-electron chi connectivity index (χ0n) is 12.1. The number of carbonyl (C=O) groups excluding carboxylic acids is 2. The number of esters is 1. The van der Waals surface area contributed by atoms with Crippen LogP contribution >= 0.6 is 15.9 Å². The predicted molar refractivity (Wildman–Crippen MR) is 83.8 cm³/mol. The van der Waals surface area contributed by atoms with Gasteiger partial charge < -0.3 is 10.1 Å². The number of halogens is 1. The number of benzene rings is 1. The summed E-state index contributed by atoms with van der Waals surface area (Å²) in [6, 6.07) is 7.70. The summed E-state index contributed by atoms with van der Waals surface area (Å²) in [4.78, 5) is 23.8. The highest BCUT2D eigenvalue weighted by atomic mass is 79.9. The molecule has 1 aliphatic rings. The van der Waals surface area contributed by atoms with Gasteiger partial charge in [0.05, 0.1) is 6.42 Å². The van der Waals surface area contributed by atoms with Crippen LogP contribution in [0, 0.1) is 0 Å². The zero-order valence-corrected chi connectivity index (χ0v) is 13.7. The van der Waals surface area contributed by atoms with E-state index in [9.17, 15) is 9.59 Å². The van der Waals surface area contributed by atoms with Gasteiger partial charge in [0.2, 0.25) is 0 Å². The van der Waals surface area contributed by atoms with Crippen molar-refractivity contribution in [1.29, 1.82) is 0 Å². The summed E-state index contributed by atoms with van der Waals surface area (Å²) in [6.07, 6.45) is 3.78. The lowest BCUT2D eigenvalue weighted by molar-refractivity contribution is -0.154. The van der Waals surface area contributed by atoms with Crippen molar-refractivity contribution in [3.8, 4) is 0 Å². The highest BCUT2D eigenvalue weighted by molar-refractivity contribution is 9.10. The second kappa shape index (κ2) is 7.59. The molecule has 1 aromatic carbocycles. The van der Waals surface area contributed by atoms with Gasteiger partial charge in [-0.05, 0) is 37.5 Å². The molecule has 1 amide bonds. The molecule has 1 saturated carbocycles. The van der Waals surface area contributed by atoms with Crippen molar-refractivity contribution in [2.45, 2.75) is 51.2 Å². The van der Waals surface area contributed by atoms with Crippen LogP contribution in [0.1, 0.15) is 38.2 Å². The van der Waals surface area contributed by atoms with Gasteiger partial charge in [-0.15, -0.1) is 0 Å². The third-order valence-corrected chi connectivity index (χ3v) is 4.17. The second-order valence-electron chi connectivity index (χ2n) is 5.43. The lowest BCUT2D eigenvalue weighted by Crippen LogP contribution is -2.41. The van der Waals surface area contributed by atoms with E-state index < -0.39 is 6.10 Å². The van der Waals surface area contributed by atoms with Gasteiger partial charge in [-0.1, -0.05) is 40.9 Å². The molecule has 1 fully saturated rings. The van der Waals surface area contributed by atoms with Crippen LogP contribution in [0.4, 0.5) is 0 Å². The molecule has 0 heterocycles. The molecule has 114 valence electrons. The largest absolute Gasteiger partial charge is 0.452 e. The van der Waals surface area contributed by atoms with Crippen LogP contribution in [-0.2, 0) is 20.7 Å². The SMILES string of the molecule is C[C@@H](OC(=O)Cc1ccc(Br)cc1)C(=O)NC1CCCC1. The summed E-state index contributed by atoms with van der Waals surface area (Å²) >= 11 is 3.34. The quantitative estimate of drug-likeness (QED) is 0.827. The Kier molecular flexibility index (Phi) is 5.79. The third kappa shape index (κ3) is 5.16. The summed E-state index contributed by atoms with van der Waals surface area (Å²) in [7, 11) is 0. The molecule has 2 rings (SSSR count). The molecule has 0 unspecified atom stereocenters. The minimum atomic E-state index is -0.742. The Balaban J connectivity index is 1.78. The van der Waals surface area contributed by atoms with Gasteiger partial charge in [-0.3, -0.25) is 9.59 Å². The van der Waals surface area contributed by atoms with Gasteiger partial charge in [0, 0.05) is 10.5 Å². The maximum atomic E-state index is 11.9. The first kappa shape index (κ1) is 16.0. The molecule has 0 bridgehead atoms. The lowest BCUT2D eigenvalue weighted by Gasteiger charge is -2.17. The van der Waals surface area contributed by atoms with Crippen LogP contribution in [0.3, 0.4) is 0 Å². The molecular weight excluding hydrogens is 334 g/mol. The molecule has 0 radical (unpaired) electrons. The molecule has 0 spiro atoms. The Bertz CT molecular complexity index is 495. The van der Waals surface area contributed by atoms with Gasteiger partial charge in [0.1, 0.15) is 0 Å². The summed E-state index contributed by atoms with van der Waals surface area (Å²) in [6.45, 7) is 1.61. The smallest absolute Gasteiger partial charge is 0.311 e. The average molecular weight is 354 g/mol. The standard InChI is InChI=1S/C16H20BrNO3/c1-11(16(20)18-14-4-2-3-5-14)21-15(19)10-12-6-8-13(17)9-7-12/h6-9,11,14H,2-5,10H2,1H3,(H,18,20)/t11-/m1/s1. The van der Waals surface area contributed by atoms with Crippen molar-refractivity contribution >= 4 is 27.8 Å². The molecule has 5 heteroatoms. The number of amides is 1. The second-order valence-corrected chi connectivity index (χ2v) is 6.34. The fourth-order valence-corrected chi connectivity index (χ4v) is 2.71. The van der Waals surface area contributed by atoms with Crippen molar-refractivity contribution in [3.05, 3.63) is 34.3 Å². The van der Waals surface area contributed by atoms with Gasteiger partial charge in [0.15, 0.2) is 6.10 Å². The van der Waals surface area contributed by atoms with Crippen molar-refractivity contribution < 1.29 is 14.3 Å². The van der Waals surface area contributed by atoms with E-state index in [1.54, 1.807) is 6.92 Å². The van der Waals surface area contributed by atoms with E-state index in [2.05, 4.69) is 21.2 Å². The van der Waals surface area contributed by atoms with E-state index >= 15 is 0 Å². The summed E-state index contributed by atoms with van der Waals surface area (Å²) in [5.74, 6) is -0.586. The van der Waals surface area contributed by atoms with E-state index in [1.807, 2.05) is 24.3 Å². The maximum Gasteiger partial charge on any atom is 0.311 e. The summed E-state index contributed by atoms with van der Waals surface area (Å²) < 4.78 is 6.16. The van der Waals surface area contributed by atoms with Crippen LogP contribution in [-0.4, -0.2) is 24.0 Å². The molecule has 4 nitrogen and oxygen atoms in total. The number of hydrogen-bond acceptors (Lipinski definition) is 3. The molecule has 0 aliphatic heterocycles. The molecule has 1 N–H and O–H groups in total. The fourth-order valence-electron chi connectivity index (χ4n) is 2.45. The van der Waals surface area contributed by atoms with Crippen LogP contribution in [0.5, 0.6) is 0 Å². The zero-order chi connectivity index (χ0) is 15.2. The van der Waals surface area contributed by atoms with Crippen LogP contribution < -0.4 is 5.32 Å². The highest BCUT2D eigenvalue weighted by Gasteiger charge is 2.22. The monoisotopic (exact) mass is 353 g/mol. The number of ether oxygens (including phenoxy) is 1. The Morgan fingerprint density at radius 2 is 1.90 bits per heavy atom. The number of hydrogen-bond donors (Lipinski definition) is 1. The summed E-state index contributed by atoms with van der Waals surface area (Å²) in [5.41, 5.74) is 0.867. The number of nitrogens with one attached hydrogen (secondary N) is 1. The first-order valence-electron chi connectivity index (χ1n) is 7.29. The van der Waals surface area contributed by atoms with Gasteiger partial charge >= 0.3 is 5.97 Å². The molecule has 1 aromatic rings. The van der Waals surface area contributed by atoms with Crippen LogP contribution in [0.15, 0.2) is 28.7 Å². The Morgan fingerprint density at radius 3 is 2.52 bits per heavy atom. The van der Waals surface area contributed by atoms with Crippen molar-refractivity contribution in [1.82, 2.24) is 5.32 Å².